The molecule has 1 unspecified atom stereocenters. The van der Waals surface area contributed by atoms with Gasteiger partial charge in [0.05, 0.1) is 18.5 Å². The monoisotopic (exact) mass is 364 g/mol. The van der Waals surface area contributed by atoms with Crippen LogP contribution < -0.4 is 10.5 Å². The molecule has 5 nitrogen and oxygen atoms in total. The van der Waals surface area contributed by atoms with E-state index in [0.29, 0.717) is 6.04 Å². The van der Waals surface area contributed by atoms with Crippen LogP contribution >= 0.6 is 0 Å². The average molecular weight is 364 g/mol. The third kappa shape index (κ3) is 3.52. The van der Waals surface area contributed by atoms with Crippen molar-refractivity contribution in [2.24, 2.45) is 0 Å². The Kier molecular flexibility index (Phi) is 5.03. The van der Waals surface area contributed by atoms with Gasteiger partial charge in [-0.15, -0.1) is 0 Å². The smallest absolute Gasteiger partial charge is 0.137 e. The lowest BCUT2D eigenvalue weighted by Gasteiger charge is -2.35. The van der Waals surface area contributed by atoms with Crippen molar-refractivity contribution in [3.63, 3.8) is 0 Å². The van der Waals surface area contributed by atoms with Crippen LogP contribution in [0.1, 0.15) is 38.3 Å². The number of fused-ring (bicyclic) bond motifs is 1. The summed E-state index contributed by atoms with van der Waals surface area (Å²) in [6.45, 7) is 4.33. The second-order valence-corrected chi connectivity index (χ2v) is 7.35. The van der Waals surface area contributed by atoms with E-state index >= 15 is 0 Å². The fraction of sp³-hybridized carbons (Fsp3) is 0.409. The molecule has 1 aliphatic rings. The van der Waals surface area contributed by atoms with Gasteiger partial charge in [-0.1, -0.05) is 13.3 Å². The normalized spacial score (nSPS) is 18.1. The second-order valence-electron chi connectivity index (χ2n) is 7.35. The molecule has 0 spiro atoms. The minimum atomic E-state index is 0.647. The SMILES string of the molecule is CCC1CCCCN1Cc1c(-c2ccc(OC)cc2)nc2ccc(N)cn12. The Morgan fingerprint density at radius 3 is 2.70 bits per heavy atom. The minimum absolute atomic E-state index is 0.647. The Balaban J connectivity index is 1.79. The van der Waals surface area contributed by atoms with Crippen LogP contribution in [-0.2, 0) is 6.54 Å². The summed E-state index contributed by atoms with van der Waals surface area (Å²) in [4.78, 5) is 7.55. The maximum Gasteiger partial charge on any atom is 0.137 e. The van der Waals surface area contributed by atoms with Crippen LogP contribution in [-0.4, -0.2) is 34.0 Å². The van der Waals surface area contributed by atoms with Crippen LogP contribution in [0.5, 0.6) is 5.75 Å². The fourth-order valence-electron chi connectivity index (χ4n) is 4.16. The standard InChI is InChI=1S/C22H28N4O/c1-3-18-6-4-5-13-25(18)15-20-22(16-7-10-19(27-2)11-8-16)24-21-12-9-17(23)14-26(20)21/h7-12,14,18H,3-6,13,15,23H2,1-2H3. The Morgan fingerprint density at radius 1 is 1.15 bits per heavy atom. The van der Waals surface area contributed by atoms with Gasteiger partial charge in [-0.05, 0) is 62.2 Å². The first kappa shape index (κ1) is 17.9. The summed E-state index contributed by atoms with van der Waals surface area (Å²) in [5.74, 6) is 0.857. The van der Waals surface area contributed by atoms with Crippen molar-refractivity contribution in [2.45, 2.75) is 45.2 Å². The lowest BCUT2D eigenvalue weighted by atomic mass is 9.99. The maximum absolute atomic E-state index is 6.09. The second kappa shape index (κ2) is 7.61. The molecule has 1 aliphatic heterocycles. The molecule has 1 fully saturated rings. The van der Waals surface area contributed by atoms with E-state index in [1.54, 1.807) is 7.11 Å². The fourth-order valence-corrected chi connectivity index (χ4v) is 4.16. The summed E-state index contributed by atoms with van der Waals surface area (Å²) >= 11 is 0. The zero-order valence-corrected chi connectivity index (χ0v) is 16.2. The molecule has 1 aromatic carbocycles. The van der Waals surface area contributed by atoms with Crippen molar-refractivity contribution in [3.8, 4) is 17.0 Å². The molecule has 0 aliphatic carbocycles. The van der Waals surface area contributed by atoms with Crippen molar-refractivity contribution in [1.29, 1.82) is 0 Å². The van der Waals surface area contributed by atoms with Gasteiger partial charge in [0.15, 0.2) is 0 Å². The molecular formula is C22H28N4O. The Bertz CT molecular complexity index is 916. The van der Waals surface area contributed by atoms with Crippen LogP contribution in [0.25, 0.3) is 16.9 Å². The summed E-state index contributed by atoms with van der Waals surface area (Å²) in [5.41, 5.74) is 11.1. The predicted octanol–water partition coefficient (Wildman–Crippen LogP) is 4.36. The first-order valence-corrected chi connectivity index (χ1v) is 9.84. The number of aromatic nitrogens is 2. The van der Waals surface area contributed by atoms with E-state index < -0.39 is 0 Å². The van der Waals surface area contributed by atoms with E-state index in [1.165, 1.54) is 31.4 Å². The molecule has 0 saturated carbocycles. The number of methoxy groups -OCH3 is 1. The van der Waals surface area contributed by atoms with Crippen LogP contribution in [0.3, 0.4) is 0 Å². The number of likely N-dealkylation sites (tertiary alicyclic amines) is 1. The van der Waals surface area contributed by atoms with Gasteiger partial charge in [0.2, 0.25) is 0 Å². The summed E-state index contributed by atoms with van der Waals surface area (Å²) in [6, 6.07) is 12.7. The number of pyridine rings is 1. The topological polar surface area (TPSA) is 55.8 Å². The highest BCUT2D eigenvalue weighted by Crippen LogP contribution is 2.30. The first-order chi connectivity index (χ1) is 13.2. The highest BCUT2D eigenvalue weighted by atomic mass is 16.5. The molecule has 1 atom stereocenters. The predicted molar refractivity (Wildman–Crippen MR) is 110 cm³/mol. The number of nitrogens with zero attached hydrogens (tertiary/aromatic N) is 3. The van der Waals surface area contributed by atoms with Gasteiger partial charge in [0.1, 0.15) is 11.4 Å². The Morgan fingerprint density at radius 2 is 1.96 bits per heavy atom. The molecule has 3 aromatic rings. The van der Waals surface area contributed by atoms with Gasteiger partial charge in [0.25, 0.3) is 0 Å². The molecule has 3 heterocycles. The van der Waals surface area contributed by atoms with Crippen LogP contribution in [0.2, 0.25) is 0 Å². The summed E-state index contributed by atoms with van der Waals surface area (Å²) in [7, 11) is 1.69. The number of nitrogens with two attached hydrogens (primary N) is 1. The number of piperidine rings is 1. The quantitative estimate of drug-likeness (QED) is 0.731. The number of benzene rings is 1. The van der Waals surface area contributed by atoms with Gasteiger partial charge in [-0.3, -0.25) is 4.90 Å². The number of anilines is 1. The average Bonchev–Trinajstić information content (AvgIpc) is 3.06. The van der Waals surface area contributed by atoms with E-state index in [9.17, 15) is 0 Å². The van der Waals surface area contributed by atoms with Crippen molar-refractivity contribution in [2.75, 3.05) is 19.4 Å². The van der Waals surface area contributed by atoms with Gasteiger partial charge >= 0.3 is 0 Å². The van der Waals surface area contributed by atoms with E-state index in [-0.39, 0.29) is 0 Å². The van der Waals surface area contributed by atoms with E-state index in [0.717, 1.165) is 41.4 Å². The van der Waals surface area contributed by atoms with Gasteiger partial charge in [0, 0.05) is 30.0 Å². The number of hydrogen-bond donors (Lipinski definition) is 1. The zero-order chi connectivity index (χ0) is 18.8. The zero-order valence-electron chi connectivity index (χ0n) is 16.2. The highest BCUT2D eigenvalue weighted by Gasteiger charge is 2.24. The molecule has 1 saturated heterocycles. The lowest BCUT2D eigenvalue weighted by Crippen LogP contribution is -2.38. The molecular weight excluding hydrogens is 336 g/mol. The third-order valence-electron chi connectivity index (χ3n) is 5.68. The molecule has 142 valence electrons. The first-order valence-electron chi connectivity index (χ1n) is 9.84. The van der Waals surface area contributed by atoms with Crippen LogP contribution in [0.15, 0.2) is 42.6 Å². The molecule has 0 radical (unpaired) electrons. The van der Waals surface area contributed by atoms with Crippen LogP contribution in [0.4, 0.5) is 5.69 Å². The molecule has 0 bridgehead atoms. The van der Waals surface area contributed by atoms with Crippen LogP contribution in [0, 0.1) is 0 Å². The Labute approximate surface area is 160 Å². The number of ether oxygens (including phenoxy) is 1. The highest BCUT2D eigenvalue weighted by molar-refractivity contribution is 5.68. The van der Waals surface area contributed by atoms with Gasteiger partial charge in [-0.25, -0.2) is 4.98 Å². The minimum Gasteiger partial charge on any atom is -0.497 e. The lowest BCUT2D eigenvalue weighted by molar-refractivity contribution is 0.134. The molecule has 2 aromatic heterocycles. The molecule has 5 heteroatoms. The van der Waals surface area contributed by atoms with E-state index in [2.05, 4.69) is 28.4 Å². The number of hydrogen-bond acceptors (Lipinski definition) is 4. The largest absolute Gasteiger partial charge is 0.497 e. The van der Waals surface area contributed by atoms with Crippen molar-refractivity contribution in [1.82, 2.24) is 14.3 Å². The maximum atomic E-state index is 6.09. The number of nitrogen functional groups attached to an aromatic ring is 1. The van der Waals surface area contributed by atoms with Gasteiger partial charge < -0.3 is 14.9 Å². The summed E-state index contributed by atoms with van der Waals surface area (Å²) in [6.07, 6.45) is 7.08. The molecule has 0 amide bonds. The number of imidazole rings is 1. The summed E-state index contributed by atoms with van der Waals surface area (Å²) in [5, 5.41) is 0. The van der Waals surface area contributed by atoms with Crippen molar-refractivity contribution >= 4 is 11.3 Å². The van der Waals surface area contributed by atoms with E-state index in [4.69, 9.17) is 15.5 Å². The van der Waals surface area contributed by atoms with Crippen molar-refractivity contribution in [3.05, 3.63) is 48.3 Å². The number of rotatable bonds is 5. The van der Waals surface area contributed by atoms with Crippen molar-refractivity contribution < 1.29 is 4.74 Å². The Hall–Kier alpha value is -2.53. The molecule has 2 N–H and O–H groups in total. The third-order valence-corrected chi connectivity index (χ3v) is 5.68. The van der Waals surface area contributed by atoms with E-state index in [1.807, 2.05) is 30.5 Å². The summed E-state index contributed by atoms with van der Waals surface area (Å²) < 4.78 is 7.47. The van der Waals surface area contributed by atoms with Gasteiger partial charge in [-0.2, -0.15) is 0 Å². The molecule has 27 heavy (non-hydrogen) atoms. The molecule has 4 rings (SSSR count).